The molecule has 2 heterocycles. The first kappa shape index (κ1) is 31.3. The van der Waals surface area contributed by atoms with Crippen molar-refractivity contribution in [3.8, 4) is 11.1 Å². The van der Waals surface area contributed by atoms with Crippen LogP contribution in [0.3, 0.4) is 0 Å². The number of carbonyl (C=O) groups is 2. The first-order valence-electron chi connectivity index (χ1n) is 16.5. The van der Waals surface area contributed by atoms with E-state index in [4.69, 9.17) is 10.5 Å². The minimum Gasteiger partial charge on any atom is -0.378 e. The maximum Gasteiger partial charge on any atom is 0.273 e. The molecular formula is C36H48N6O3. The third-order valence-corrected chi connectivity index (χ3v) is 9.48. The van der Waals surface area contributed by atoms with Gasteiger partial charge in [-0.15, -0.1) is 0 Å². The summed E-state index contributed by atoms with van der Waals surface area (Å²) in [6.45, 7) is 9.70. The van der Waals surface area contributed by atoms with E-state index in [1.807, 2.05) is 13.1 Å². The second-order valence-corrected chi connectivity index (χ2v) is 14.1. The molecule has 0 spiro atoms. The van der Waals surface area contributed by atoms with Gasteiger partial charge in [-0.05, 0) is 79.5 Å². The summed E-state index contributed by atoms with van der Waals surface area (Å²) in [7, 11) is 1.81. The van der Waals surface area contributed by atoms with E-state index >= 15 is 0 Å². The fourth-order valence-electron chi connectivity index (χ4n) is 6.54. The molecule has 240 valence electrons. The highest BCUT2D eigenvalue weighted by Crippen LogP contribution is 2.36. The van der Waals surface area contributed by atoms with Gasteiger partial charge in [-0.1, -0.05) is 45.0 Å². The average molecular weight is 613 g/mol. The molecule has 0 atom stereocenters. The molecule has 1 aromatic heterocycles. The number of anilines is 2. The second-order valence-electron chi connectivity index (χ2n) is 14.1. The molecule has 3 aliphatic rings. The number of carbonyl (C=O) groups excluding carboxylic acids is 2. The van der Waals surface area contributed by atoms with Crippen molar-refractivity contribution in [3.05, 3.63) is 65.5 Å². The lowest BCUT2D eigenvalue weighted by Gasteiger charge is -2.36. The van der Waals surface area contributed by atoms with Gasteiger partial charge in [0.15, 0.2) is 0 Å². The third-order valence-electron chi connectivity index (χ3n) is 9.48. The molecule has 0 unspecified atom stereocenters. The molecular weight excluding hydrogens is 564 g/mol. The Morgan fingerprint density at radius 1 is 0.978 bits per heavy atom. The number of morpholine rings is 1. The Bertz CT molecular complexity index is 1520. The molecule has 2 saturated carbocycles. The molecule has 2 amide bonds. The van der Waals surface area contributed by atoms with Crippen molar-refractivity contribution < 1.29 is 14.3 Å². The highest BCUT2D eigenvalue weighted by molar-refractivity contribution is 6.05. The van der Waals surface area contributed by atoms with Crippen LogP contribution in [-0.4, -0.2) is 64.9 Å². The molecule has 9 nitrogen and oxygen atoms in total. The normalized spacial score (nSPS) is 20.6. The maximum absolute atomic E-state index is 13.7. The average Bonchev–Trinajstić information content (AvgIpc) is 3.80. The summed E-state index contributed by atoms with van der Waals surface area (Å²) in [5.41, 5.74) is 12.3. The zero-order chi connectivity index (χ0) is 31.7. The summed E-state index contributed by atoms with van der Waals surface area (Å²) >= 11 is 0. The molecule has 1 aliphatic heterocycles. The highest BCUT2D eigenvalue weighted by atomic mass is 16.5. The molecule has 3 aromatic rings. The second kappa shape index (κ2) is 13.0. The van der Waals surface area contributed by atoms with Crippen molar-refractivity contribution in [3.63, 3.8) is 0 Å². The van der Waals surface area contributed by atoms with Crippen molar-refractivity contribution >= 4 is 23.2 Å². The van der Waals surface area contributed by atoms with Crippen LogP contribution >= 0.6 is 0 Å². The van der Waals surface area contributed by atoms with Crippen molar-refractivity contribution in [2.75, 3.05) is 36.5 Å². The monoisotopic (exact) mass is 612 g/mol. The van der Waals surface area contributed by atoms with Crippen molar-refractivity contribution in [1.82, 2.24) is 14.7 Å². The molecule has 3 N–H and O–H groups in total. The number of hydrogen-bond acceptors (Lipinski definition) is 6. The zero-order valence-corrected chi connectivity index (χ0v) is 27.2. The lowest BCUT2D eigenvalue weighted by atomic mass is 9.90. The van der Waals surface area contributed by atoms with Gasteiger partial charge in [0.1, 0.15) is 5.69 Å². The van der Waals surface area contributed by atoms with Crippen LogP contribution in [0.4, 0.5) is 11.4 Å². The standard InChI is InChI=1S/C36H48N6O3/c1-36(2,3)33-22-32(40(4)39-33)34(43)38-30-21-27(10-15-31(30)41-16-18-45-19-17-41)26-7-5-6-24(20-26)23-42(35(44)25-8-9-25)29-13-11-28(37)12-14-29/h5-7,10,15,20-22,25,28-29H,8-9,11-14,16-19,23,37H2,1-4H3,(H,38,43). The molecule has 2 aromatic carbocycles. The summed E-state index contributed by atoms with van der Waals surface area (Å²) in [5, 5.41) is 7.84. The van der Waals surface area contributed by atoms with E-state index < -0.39 is 0 Å². The predicted octanol–water partition coefficient (Wildman–Crippen LogP) is 5.48. The van der Waals surface area contributed by atoms with Gasteiger partial charge in [-0.25, -0.2) is 0 Å². The van der Waals surface area contributed by atoms with E-state index in [-0.39, 0.29) is 29.3 Å². The number of rotatable bonds is 8. The van der Waals surface area contributed by atoms with Crippen molar-refractivity contribution in [2.45, 2.75) is 83.3 Å². The number of amides is 2. The smallest absolute Gasteiger partial charge is 0.273 e. The van der Waals surface area contributed by atoms with Gasteiger partial charge in [-0.3, -0.25) is 14.3 Å². The van der Waals surface area contributed by atoms with Gasteiger partial charge in [0, 0.05) is 50.1 Å². The van der Waals surface area contributed by atoms with Crippen LogP contribution in [0.1, 0.15) is 81.0 Å². The molecule has 9 heteroatoms. The number of benzene rings is 2. The van der Waals surface area contributed by atoms with Crippen LogP contribution in [0, 0.1) is 5.92 Å². The van der Waals surface area contributed by atoms with Crippen LogP contribution < -0.4 is 16.0 Å². The molecule has 6 rings (SSSR count). The first-order chi connectivity index (χ1) is 21.6. The Morgan fingerprint density at radius 3 is 2.36 bits per heavy atom. The number of aryl methyl sites for hydroxylation is 1. The number of ether oxygens (including phenoxy) is 1. The molecule has 0 bridgehead atoms. The third kappa shape index (κ3) is 7.25. The largest absolute Gasteiger partial charge is 0.378 e. The highest BCUT2D eigenvalue weighted by Gasteiger charge is 2.37. The predicted molar refractivity (Wildman–Crippen MR) is 178 cm³/mol. The van der Waals surface area contributed by atoms with Crippen LogP contribution in [-0.2, 0) is 28.5 Å². The van der Waals surface area contributed by atoms with Crippen molar-refractivity contribution in [1.29, 1.82) is 0 Å². The van der Waals surface area contributed by atoms with Gasteiger partial charge in [0.25, 0.3) is 5.91 Å². The lowest BCUT2D eigenvalue weighted by molar-refractivity contribution is -0.136. The quantitative estimate of drug-likeness (QED) is 0.349. The minimum absolute atomic E-state index is 0.164. The van der Waals surface area contributed by atoms with E-state index in [1.54, 1.807) is 4.68 Å². The van der Waals surface area contributed by atoms with Gasteiger partial charge >= 0.3 is 0 Å². The van der Waals surface area contributed by atoms with E-state index in [0.717, 1.165) is 85.4 Å². The van der Waals surface area contributed by atoms with Crippen LogP contribution in [0.2, 0.25) is 0 Å². The Kier molecular flexibility index (Phi) is 9.02. The molecule has 45 heavy (non-hydrogen) atoms. The van der Waals surface area contributed by atoms with E-state index in [2.05, 4.69) is 83.5 Å². The maximum atomic E-state index is 13.7. The summed E-state index contributed by atoms with van der Waals surface area (Å²) < 4.78 is 7.27. The molecule has 2 aliphatic carbocycles. The Balaban J connectivity index is 1.28. The van der Waals surface area contributed by atoms with E-state index in [1.165, 1.54) is 0 Å². The van der Waals surface area contributed by atoms with Gasteiger partial charge in [-0.2, -0.15) is 5.10 Å². The van der Waals surface area contributed by atoms with Crippen LogP contribution in [0.15, 0.2) is 48.5 Å². The lowest BCUT2D eigenvalue weighted by Crippen LogP contribution is -2.44. The first-order valence-corrected chi connectivity index (χ1v) is 16.5. The molecule has 3 fully saturated rings. The van der Waals surface area contributed by atoms with Crippen LogP contribution in [0.5, 0.6) is 0 Å². The molecule has 0 radical (unpaired) electrons. The fraction of sp³-hybridized carbons (Fsp3) is 0.528. The van der Waals surface area contributed by atoms with E-state index in [0.29, 0.717) is 31.4 Å². The Hall–Kier alpha value is -3.69. The minimum atomic E-state index is -0.192. The number of aromatic nitrogens is 2. The summed E-state index contributed by atoms with van der Waals surface area (Å²) in [4.78, 5) is 31.5. The number of nitrogens with two attached hydrogens (primary N) is 1. The summed E-state index contributed by atoms with van der Waals surface area (Å²) in [6, 6.07) is 17.1. The van der Waals surface area contributed by atoms with Crippen LogP contribution in [0.25, 0.3) is 11.1 Å². The van der Waals surface area contributed by atoms with Gasteiger partial charge in [0.05, 0.1) is 30.3 Å². The molecule has 1 saturated heterocycles. The SMILES string of the molecule is Cn1nc(C(C)(C)C)cc1C(=O)Nc1cc(-c2cccc(CN(C(=O)C3CC3)C3CCC(N)CC3)c2)ccc1N1CCOCC1. The number of nitrogens with zero attached hydrogens (tertiary/aromatic N) is 4. The van der Waals surface area contributed by atoms with Gasteiger partial charge in [0.2, 0.25) is 5.91 Å². The summed E-state index contributed by atoms with van der Waals surface area (Å²) in [6.07, 6.45) is 5.89. The van der Waals surface area contributed by atoms with Gasteiger partial charge < -0.3 is 25.6 Å². The Morgan fingerprint density at radius 2 is 1.69 bits per heavy atom. The number of hydrogen-bond donors (Lipinski definition) is 2. The van der Waals surface area contributed by atoms with Crippen molar-refractivity contribution in [2.24, 2.45) is 18.7 Å². The Labute approximate surface area is 267 Å². The van der Waals surface area contributed by atoms with E-state index in [9.17, 15) is 9.59 Å². The topological polar surface area (TPSA) is 106 Å². The number of nitrogens with one attached hydrogen (secondary N) is 1. The zero-order valence-electron chi connectivity index (χ0n) is 27.2. The summed E-state index contributed by atoms with van der Waals surface area (Å²) in [5.74, 6) is 0.287. The fourth-order valence-corrected chi connectivity index (χ4v) is 6.54.